The average molecular weight is 265 g/mol. The van der Waals surface area contributed by atoms with Crippen LogP contribution in [0.2, 0.25) is 0 Å². The third kappa shape index (κ3) is 1.76. The Morgan fingerprint density at radius 2 is 2.35 bits per heavy atom. The normalized spacial score (nSPS) is 11.4. The first-order valence-electron chi connectivity index (χ1n) is 5.09. The lowest BCUT2D eigenvalue weighted by Gasteiger charge is -2.01. The number of imidazole rings is 2. The van der Waals surface area contributed by atoms with Crippen LogP contribution in [0, 0.1) is 0 Å². The Balaban J connectivity index is 2.05. The lowest BCUT2D eigenvalue weighted by Crippen LogP contribution is -2.01. The van der Waals surface area contributed by atoms with Crippen LogP contribution in [-0.4, -0.2) is 18.9 Å². The molecule has 0 aromatic carbocycles. The van der Waals surface area contributed by atoms with Crippen LogP contribution in [0.5, 0.6) is 0 Å². The van der Waals surface area contributed by atoms with Crippen LogP contribution in [0.15, 0.2) is 34.2 Å². The Morgan fingerprint density at radius 3 is 3.06 bits per heavy atom. The highest BCUT2D eigenvalue weighted by Crippen LogP contribution is 2.30. The van der Waals surface area contributed by atoms with Gasteiger partial charge >= 0.3 is 0 Å². The van der Waals surface area contributed by atoms with Crippen molar-refractivity contribution < 1.29 is 0 Å². The Labute approximate surface area is 106 Å². The van der Waals surface area contributed by atoms with Gasteiger partial charge in [-0.1, -0.05) is 0 Å². The number of aryl methyl sites for hydroxylation is 1. The molecule has 0 bridgehead atoms. The molecule has 0 saturated carbocycles. The Hall–Kier alpha value is -1.31. The second-order valence-corrected chi connectivity index (χ2v) is 5.38. The summed E-state index contributed by atoms with van der Waals surface area (Å²) in [4.78, 5) is 9.83. The summed E-state index contributed by atoms with van der Waals surface area (Å²) in [5.41, 5.74) is 6.83. The summed E-state index contributed by atoms with van der Waals surface area (Å²) in [6, 6.07) is 0. The molecule has 0 spiro atoms. The van der Waals surface area contributed by atoms with E-state index in [2.05, 4.69) is 9.97 Å². The van der Waals surface area contributed by atoms with E-state index < -0.39 is 0 Å². The van der Waals surface area contributed by atoms with Gasteiger partial charge in [-0.2, -0.15) is 0 Å². The van der Waals surface area contributed by atoms with Crippen LogP contribution >= 0.6 is 23.1 Å². The predicted octanol–water partition coefficient (Wildman–Crippen LogP) is 1.74. The number of hydrogen-bond acceptors (Lipinski definition) is 5. The molecular weight excluding hydrogens is 254 g/mol. The van der Waals surface area contributed by atoms with Crippen molar-refractivity contribution in [1.29, 1.82) is 0 Å². The summed E-state index contributed by atoms with van der Waals surface area (Å²) in [6.07, 6.45) is 5.70. The lowest BCUT2D eigenvalue weighted by atomic mass is 10.5. The highest BCUT2D eigenvalue weighted by atomic mass is 32.2. The van der Waals surface area contributed by atoms with Gasteiger partial charge in [0.25, 0.3) is 0 Å². The quantitative estimate of drug-likeness (QED) is 0.783. The molecule has 0 fully saturated rings. The van der Waals surface area contributed by atoms with Crippen molar-refractivity contribution in [2.24, 2.45) is 12.8 Å². The van der Waals surface area contributed by atoms with Gasteiger partial charge in [0.05, 0.1) is 5.69 Å². The summed E-state index contributed by atoms with van der Waals surface area (Å²) >= 11 is 3.16. The van der Waals surface area contributed by atoms with Gasteiger partial charge in [0.15, 0.2) is 10.1 Å². The van der Waals surface area contributed by atoms with Gasteiger partial charge in [0.1, 0.15) is 5.03 Å². The van der Waals surface area contributed by atoms with Crippen molar-refractivity contribution in [3.8, 4) is 0 Å². The molecular formula is C10H11N5S2. The van der Waals surface area contributed by atoms with Crippen LogP contribution in [-0.2, 0) is 13.6 Å². The van der Waals surface area contributed by atoms with E-state index in [1.165, 1.54) is 0 Å². The van der Waals surface area contributed by atoms with Gasteiger partial charge in [-0.05, 0) is 11.8 Å². The second-order valence-electron chi connectivity index (χ2n) is 3.55. The summed E-state index contributed by atoms with van der Waals surface area (Å²) in [5.74, 6) is 0. The topological polar surface area (TPSA) is 61.1 Å². The molecule has 3 rings (SSSR count). The lowest BCUT2D eigenvalue weighted by molar-refractivity contribution is 0.787. The molecule has 5 nitrogen and oxygen atoms in total. The minimum atomic E-state index is 0.477. The molecule has 17 heavy (non-hydrogen) atoms. The molecule has 7 heteroatoms. The van der Waals surface area contributed by atoms with E-state index in [9.17, 15) is 0 Å². The molecule has 0 saturated heterocycles. The minimum Gasteiger partial charge on any atom is -0.329 e. The Morgan fingerprint density at radius 1 is 1.47 bits per heavy atom. The maximum absolute atomic E-state index is 5.79. The molecule has 3 aromatic heterocycles. The van der Waals surface area contributed by atoms with Crippen LogP contribution in [0.4, 0.5) is 0 Å². The zero-order valence-corrected chi connectivity index (χ0v) is 10.8. The molecule has 0 aliphatic carbocycles. The molecule has 88 valence electrons. The number of rotatable bonds is 3. The molecule has 3 heterocycles. The highest BCUT2D eigenvalue weighted by molar-refractivity contribution is 7.99. The molecule has 0 aliphatic rings. The molecule has 2 N–H and O–H groups in total. The van der Waals surface area contributed by atoms with Gasteiger partial charge in [-0.15, -0.1) is 11.3 Å². The molecule has 0 amide bonds. The zero-order valence-electron chi connectivity index (χ0n) is 9.20. The molecule has 0 radical (unpaired) electrons. The third-order valence-electron chi connectivity index (χ3n) is 2.48. The molecule has 3 aromatic rings. The van der Waals surface area contributed by atoms with Crippen molar-refractivity contribution >= 4 is 28.1 Å². The van der Waals surface area contributed by atoms with Gasteiger partial charge in [0, 0.05) is 37.6 Å². The van der Waals surface area contributed by atoms with Crippen molar-refractivity contribution in [3.05, 3.63) is 29.7 Å². The van der Waals surface area contributed by atoms with Gasteiger partial charge in [-0.25, -0.2) is 9.97 Å². The first-order chi connectivity index (χ1) is 8.29. The van der Waals surface area contributed by atoms with Gasteiger partial charge in [-0.3, -0.25) is 4.40 Å². The van der Waals surface area contributed by atoms with Crippen LogP contribution in [0.3, 0.4) is 0 Å². The smallest absolute Gasteiger partial charge is 0.194 e. The number of nitrogens with zero attached hydrogens (tertiary/aromatic N) is 4. The van der Waals surface area contributed by atoms with E-state index >= 15 is 0 Å². The summed E-state index contributed by atoms with van der Waals surface area (Å²) in [6.45, 7) is 0.477. The van der Waals surface area contributed by atoms with Crippen molar-refractivity contribution in [3.63, 3.8) is 0 Å². The largest absolute Gasteiger partial charge is 0.329 e. The van der Waals surface area contributed by atoms with E-state index in [-0.39, 0.29) is 0 Å². The van der Waals surface area contributed by atoms with E-state index in [4.69, 9.17) is 5.73 Å². The summed E-state index contributed by atoms with van der Waals surface area (Å²) in [7, 11) is 1.97. The van der Waals surface area contributed by atoms with Crippen LogP contribution < -0.4 is 5.73 Å². The fraction of sp³-hybridized carbons (Fsp3) is 0.200. The number of hydrogen-bond donors (Lipinski definition) is 1. The number of fused-ring (bicyclic) bond motifs is 1. The summed E-state index contributed by atoms with van der Waals surface area (Å²) < 4.78 is 4.01. The van der Waals surface area contributed by atoms with E-state index in [1.54, 1.807) is 29.3 Å². The molecule has 0 aliphatic heterocycles. The summed E-state index contributed by atoms with van der Waals surface area (Å²) in [5, 5.41) is 3.87. The van der Waals surface area contributed by atoms with Crippen LogP contribution in [0.25, 0.3) is 4.96 Å². The van der Waals surface area contributed by atoms with E-state index in [1.807, 2.05) is 33.8 Å². The second kappa shape index (κ2) is 4.17. The Kier molecular flexibility index (Phi) is 2.65. The highest BCUT2D eigenvalue weighted by Gasteiger charge is 2.14. The van der Waals surface area contributed by atoms with Gasteiger partial charge < -0.3 is 10.3 Å². The Bertz CT molecular complexity index is 651. The minimum absolute atomic E-state index is 0.477. The van der Waals surface area contributed by atoms with Crippen molar-refractivity contribution in [2.45, 2.75) is 16.7 Å². The van der Waals surface area contributed by atoms with Crippen LogP contribution in [0.1, 0.15) is 5.69 Å². The monoisotopic (exact) mass is 265 g/mol. The predicted molar refractivity (Wildman–Crippen MR) is 68.3 cm³/mol. The number of aromatic nitrogens is 4. The van der Waals surface area contributed by atoms with E-state index in [0.717, 1.165) is 20.8 Å². The first kappa shape index (κ1) is 10.8. The number of thiazole rings is 1. The SMILES string of the molecule is Cn1ccnc1Sc1nc2sccn2c1CN. The first-order valence-corrected chi connectivity index (χ1v) is 6.79. The zero-order chi connectivity index (χ0) is 11.8. The fourth-order valence-electron chi connectivity index (χ4n) is 1.62. The van der Waals surface area contributed by atoms with Gasteiger partial charge in [0.2, 0.25) is 0 Å². The fourth-order valence-corrected chi connectivity index (χ4v) is 3.33. The van der Waals surface area contributed by atoms with E-state index in [0.29, 0.717) is 6.54 Å². The van der Waals surface area contributed by atoms with Crippen molar-refractivity contribution in [1.82, 2.24) is 18.9 Å². The third-order valence-corrected chi connectivity index (χ3v) is 4.34. The average Bonchev–Trinajstić information content (AvgIpc) is 2.96. The maximum Gasteiger partial charge on any atom is 0.194 e. The molecule has 0 unspecified atom stereocenters. The standard InChI is InChI=1S/C10H11N5S2/c1-14-3-2-12-9(14)17-8-7(6-11)15-4-5-16-10(15)13-8/h2-5H,6,11H2,1H3. The number of nitrogens with two attached hydrogens (primary N) is 1. The molecule has 0 atom stereocenters. The van der Waals surface area contributed by atoms with Crippen molar-refractivity contribution in [2.75, 3.05) is 0 Å². The maximum atomic E-state index is 5.79.